The molecule has 1 amide bonds. The van der Waals surface area contributed by atoms with Crippen LogP contribution in [-0.2, 0) is 20.7 Å². The molecule has 3 aromatic rings. The smallest absolute Gasteiger partial charge is 0.328 e. The van der Waals surface area contributed by atoms with Gasteiger partial charge in [0.1, 0.15) is 6.04 Å². The highest BCUT2D eigenvalue weighted by atomic mass is 16.6. The number of nitrogens with one attached hydrogen (secondary N) is 1. The number of nitrogens with zero attached hydrogens (tertiary/aromatic N) is 2. The highest BCUT2D eigenvalue weighted by Gasteiger charge is 2.43. The van der Waals surface area contributed by atoms with Gasteiger partial charge in [-0.3, -0.25) is 14.9 Å². The van der Waals surface area contributed by atoms with Crippen molar-refractivity contribution in [2.24, 2.45) is 0 Å². The van der Waals surface area contributed by atoms with Gasteiger partial charge in [-0.25, -0.2) is 4.79 Å². The van der Waals surface area contributed by atoms with Gasteiger partial charge in [0.05, 0.1) is 18.1 Å². The first-order chi connectivity index (χ1) is 13.9. The number of amides is 1. The summed E-state index contributed by atoms with van der Waals surface area (Å²) in [5.74, 6) is -0.840. The van der Waals surface area contributed by atoms with Crippen LogP contribution in [0.5, 0.6) is 0 Å². The summed E-state index contributed by atoms with van der Waals surface area (Å²) in [6, 6.07) is 12.3. The summed E-state index contributed by atoms with van der Waals surface area (Å²) < 4.78 is 4.97. The maximum absolute atomic E-state index is 12.6. The second-order valence-electron chi connectivity index (χ2n) is 6.99. The average Bonchev–Trinajstić information content (AvgIpc) is 3.10. The van der Waals surface area contributed by atoms with Gasteiger partial charge < -0.3 is 14.6 Å². The molecule has 4 rings (SSSR count). The fourth-order valence-corrected chi connectivity index (χ4v) is 4.15. The number of benzene rings is 2. The van der Waals surface area contributed by atoms with Crippen LogP contribution >= 0.6 is 0 Å². The highest BCUT2D eigenvalue weighted by Crippen LogP contribution is 2.41. The van der Waals surface area contributed by atoms with Crippen molar-refractivity contribution >= 4 is 28.5 Å². The molecule has 148 valence electrons. The predicted molar refractivity (Wildman–Crippen MR) is 105 cm³/mol. The highest BCUT2D eigenvalue weighted by molar-refractivity contribution is 5.90. The number of carbonyl (C=O) groups is 2. The Bertz CT molecular complexity index is 1140. The van der Waals surface area contributed by atoms with E-state index >= 15 is 0 Å². The third-order valence-corrected chi connectivity index (χ3v) is 5.37. The number of aromatic nitrogens is 1. The van der Waals surface area contributed by atoms with Crippen LogP contribution in [0.15, 0.2) is 48.5 Å². The molecule has 8 nitrogen and oxygen atoms in total. The molecule has 0 spiro atoms. The van der Waals surface area contributed by atoms with Crippen LogP contribution in [0.2, 0.25) is 0 Å². The number of carbonyl (C=O) groups excluding carboxylic acids is 2. The van der Waals surface area contributed by atoms with Gasteiger partial charge in [-0.1, -0.05) is 30.3 Å². The Morgan fingerprint density at radius 1 is 1.21 bits per heavy atom. The van der Waals surface area contributed by atoms with E-state index in [0.29, 0.717) is 12.0 Å². The molecular weight excluding hydrogens is 374 g/mol. The van der Waals surface area contributed by atoms with E-state index in [1.165, 1.54) is 31.1 Å². The predicted octanol–water partition coefficient (Wildman–Crippen LogP) is 3.11. The molecule has 0 saturated carbocycles. The largest absolute Gasteiger partial charge is 0.467 e. The van der Waals surface area contributed by atoms with Crippen LogP contribution in [0.25, 0.3) is 10.9 Å². The zero-order valence-corrected chi connectivity index (χ0v) is 15.9. The molecule has 1 aliphatic rings. The quantitative estimate of drug-likeness (QED) is 0.418. The average molecular weight is 393 g/mol. The van der Waals surface area contributed by atoms with Crippen molar-refractivity contribution in [2.45, 2.75) is 25.4 Å². The van der Waals surface area contributed by atoms with Crippen LogP contribution < -0.4 is 0 Å². The number of H-pyrrole nitrogens is 1. The lowest BCUT2D eigenvalue weighted by Crippen LogP contribution is -2.51. The summed E-state index contributed by atoms with van der Waals surface area (Å²) in [6.45, 7) is 1.38. The Kier molecular flexibility index (Phi) is 4.54. The first-order valence-corrected chi connectivity index (χ1v) is 9.13. The topological polar surface area (TPSA) is 106 Å². The first-order valence-electron chi connectivity index (χ1n) is 9.13. The lowest BCUT2D eigenvalue weighted by molar-refractivity contribution is -0.384. The van der Waals surface area contributed by atoms with Gasteiger partial charge in [0.2, 0.25) is 5.91 Å². The summed E-state index contributed by atoms with van der Waals surface area (Å²) in [4.78, 5) is 40.8. The summed E-state index contributed by atoms with van der Waals surface area (Å²) in [6.07, 6.45) is 0.303. The van der Waals surface area contributed by atoms with Crippen molar-refractivity contribution in [1.29, 1.82) is 0 Å². The zero-order valence-electron chi connectivity index (χ0n) is 15.9. The van der Waals surface area contributed by atoms with Crippen LogP contribution in [0.3, 0.4) is 0 Å². The molecular formula is C21H19N3O5. The fraction of sp³-hybridized carbons (Fsp3) is 0.238. The standard InChI is InChI=1S/C21H19N3O5/c1-12(25)23-18(21(26)29-2)11-16-15-8-3-4-9-17(15)22-19(16)20(23)13-6-5-7-14(10-13)24(27)28/h3-10,18,20,22H,11H2,1-2H3/t18-,20-/m0/s1. The van der Waals surface area contributed by atoms with E-state index in [9.17, 15) is 19.7 Å². The molecule has 0 fully saturated rings. The van der Waals surface area contributed by atoms with Crippen molar-refractivity contribution in [2.75, 3.05) is 7.11 Å². The van der Waals surface area contributed by atoms with Crippen LogP contribution in [0, 0.1) is 10.1 Å². The van der Waals surface area contributed by atoms with Gasteiger partial charge in [-0.05, 0) is 17.2 Å². The Balaban J connectivity index is 1.99. The minimum atomic E-state index is -0.825. The number of non-ortho nitro benzene ring substituents is 1. The van der Waals surface area contributed by atoms with Gasteiger partial charge >= 0.3 is 5.97 Å². The van der Waals surface area contributed by atoms with Gasteiger partial charge in [-0.2, -0.15) is 0 Å². The fourth-order valence-electron chi connectivity index (χ4n) is 4.15. The van der Waals surface area contributed by atoms with Crippen LogP contribution in [0.4, 0.5) is 5.69 Å². The number of ether oxygens (including phenoxy) is 1. The van der Waals surface area contributed by atoms with Crippen molar-refractivity contribution in [3.63, 3.8) is 0 Å². The maximum atomic E-state index is 12.6. The first kappa shape index (κ1) is 18.7. The summed E-state index contributed by atoms with van der Waals surface area (Å²) in [5.41, 5.74) is 3.01. The number of esters is 1. The lowest BCUT2D eigenvalue weighted by atomic mass is 9.87. The number of hydrogen-bond acceptors (Lipinski definition) is 5. The van der Waals surface area contributed by atoms with Gasteiger partial charge in [-0.15, -0.1) is 0 Å². The lowest BCUT2D eigenvalue weighted by Gasteiger charge is -2.40. The van der Waals surface area contributed by atoms with Gasteiger partial charge in [0.25, 0.3) is 5.69 Å². The number of hydrogen-bond donors (Lipinski definition) is 1. The number of fused-ring (bicyclic) bond motifs is 3. The zero-order chi connectivity index (χ0) is 20.7. The van der Waals surface area contributed by atoms with Gasteiger partial charge in [0, 0.05) is 42.1 Å². The molecule has 1 N–H and O–H groups in total. The second kappa shape index (κ2) is 7.05. The van der Waals surface area contributed by atoms with Crippen LogP contribution in [0.1, 0.15) is 29.8 Å². The SMILES string of the molecule is COC(=O)[C@@H]1Cc2c([nH]c3ccccc23)[C@H](c2cccc([N+](=O)[O-])c2)N1C(C)=O. The van der Waals surface area contributed by atoms with E-state index in [1.54, 1.807) is 12.1 Å². The van der Waals surface area contributed by atoms with Crippen molar-refractivity contribution < 1.29 is 19.2 Å². The Labute approximate surface area is 166 Å². The molecule has 1 aliphatic heterocycles. The second-order valence-corrected chi connectivity index (χ2v) is 6.99. The van der Waals surface area contributed by atoms with E-state index in [-0.39, 0.29) is 11.6 Å². The minimum absolute atomic E-state index is 0.0798. The number of aromatic amines is 1. The molecule has 0 unspecified atom stereocenters. The Hall–Kier alpha value is -3.68. The normalized spacial score (nSPS) is 18.3. The summed E-state index contributed by atoms with van der Waals surface area (Å²) in [5, 5.41) is 12.3. The molecule has 2 heterocycles. The van der Waals surface area contributed by atoms with Gasteiger partial charge in [0.15, 0.2) is 0 Å². The molecule has 8 heteroatoms. The van der Waals surface area contributed by atoms with Crippen molar-refractivity contribution in [3.05, 3.63) is 75.5 Å². The molecule has 0 aliphatic carbocycles. The molecule has 2 aromatic carbocycles. The number of nitro benzene ring substituents is 1. The Morgan fingerprint density at radius 3 is 2.66 bits per heavy atom. The third kappa shape index (κ3) is 3.02. The number of methoxy groups -OCH3 is 1. The van der Waals surface area contributed by atoms with E-state index in [0.717, 1.165) is 22.2 Å². The molecule has 1 aromatic heterocycles. The summed E-state index contributed by atoms with van der Waals surface area (Å²) in [7, 11) is 1.29. The number of para-hydroxylation sites is 1. The van der Waals surface area contributed by atoms with E-state index in [4.69, 9.17) is 4.74 Å². The maximum Gasteiger partial charge on any atom is 0.328 e. The molecule has 0 radical (unpaired) electrons. The minimum Gasteiger partial charge on any atom is -0.467 e. The third-order valence-electron chi connectivity index (χ3n) is 5.37. The number of nitro groups is 1. The molecule has 29 heavy (non-hydrogen) atoms. The van der Waals surface area contributed by atoms with E-state index in [1.807, 2.05) is 24.3 Å². The summed E-state index contributed by atoms with van der Waals surface area (Å²) >= 11 is 0. The Morgan fingerprint density at radius 2 is 1.97 bits per heavy atom. The van der Waals surface area contributed by atoms with Crippen LogP contribution in [-0.4, -0.2) is 39.8 Å². The van der Waals surface area contributed by atoms with E-state index < -0.39 is 23.0 Å². The van der Waals surface area contributed by atoms with Crippen molar-refractivity contribution in [1.82, 2.24) is 9.88 Å². The monoisotopic (exact) mass is 393 g/mol. The number of rotatable bonds is 3. The molecule has 2 atom stereocenters. The van der Waals surface area contributed by atoms with Crippen molar-refractivity contribution in [3.8, 4) is 0 Å². The van der Waals surface area contributed by atoms with E-state index in [2.05, 4.69) is 4.98 Å². The molecule has 0 bridgehead atoms. The molecule has 0 saturated heterocycles.